The normalized spacial score (nSPS) is 13.7. The summed E-state index contributed by atoms with van der Waals surface area (Å²) in [5.41, 5.74) is 9.08. The van der Waals surface area contributed by atoms with Crippen molar-refractivity contribution in [2.75, 3.05) is 0 Å². The van der Waals surface area contributed by atoms with Crippen molar-refractivity contribution in [3.63, 3.8) is 0 Å². The topological polar surface area (TPSA) is 30.7 Å². The van der Waals surface area contributed by atoms with Crippen LogP contribution in [0.2, 0.25) is 0 Å². The molecule has 2 heterocycles. The molecule has 8 aromatic rings. The van der Waals surface area contributed by atoms with E-state index in [1.54, 1.807) is 0 Å². The molecule has 1 aliphatic carbocycles. The van der Waals surface area contributed by atoms with Crippen LogP contribution in [0.3, 0.4) is 0 Å². The highest BCUT2D eigenvalue weighted by molar-refractivity contribution is 6.03. The Morgan fingerprint density at radius 2 is 1.21 bits per heavy atom. The maximum atomic E-state index is 5.38. The standard InChI is InChI=1S/C39H27N3/c1-39(2)32-23-27-14-6-5-13-26(27)22-31(32)37-35(39)30-16-8-10-18-34(30)42(37)38-40-33-17-9-7-15-29(33)36(41-38)28-20-19-24-11-3-4-12-25(24)21-28/h3-23H,1-2H3. The van der Waals surface area contributed by atoms with Gasteiger partial charge in [-0.2, -0.15) is 0 Å². The third kappa shape index (κ3) is 3.16. The average Bonchev–Trinajstić information content (AvgIpc) is 3.49. The molecule has 3 heteroatoms. The van der Waals surface area contributed by atoms with Gasteiger partial charge in [0.15, 0.2) is 0 Å². The van der Waals surface area contributed by atoms with Crippen molar-refractivity contribution in [2.24, 2.45) is 0 Å². The Labute approximate surface area is 243 Å². The fourth-order valence-corrected chi connectivity index (χ4v) is 7.14. The zero-order valence-electron chi connectivity index (χ0n) is 23.5. The van der Waals surface area contributed by atoms with Crippen LogP contribution in [0.15, 0.2) is 127 Å². The SMILES string of the molecule is CC1(C)c2cc3ccccc3cc2-c2c1c1ccccc1n2-c1nc(-c2ccc3ccccc3c2)c2ccccc2n1. The van der Waals surface area contributed by atoms with Crippen LogP contribution in [0.1, 0.15) is 25.0 Å². The maximum absolute atomic E-state index is 5.38. The number of fused-ring (bicyclic) bond motifs is 8. The van der Waals surface area contributed by atoms with Crippen LogP contribution in [0.5, 0.6) is 0 Å². The Balaban J connectivity index is 1.39. The molecule has 6 aromatic carbocycles. The molecule has 0 saturated carbocycles. The Hall–Kier alpha value is -5.28. The summed E-state index contributed by atoms with van der Waals surface area (Å²) in [4.78, 5) is 10.6. The molecule has 0 N–H and O–H groups in total. The third-order valence-corrected chi connectivity index (χ3v) is 9.13. The molecule has 0 aliphatic heterocycles. The van der Waals surface area contributed by atoms with Gasteiger partial charge in [-0.25, -0.2) is 9.97 Å². The second-order valence-electron chi connectivity index (χ2n) is 11.9. The van der Waals surface area contributed by atoms with Crippen molar-refractivity contribution in [1.82, 2.24) is 14.5 Å². The van der Waals surface area contributed by atoms with Crippen LogP contribution in [-0.4, -0.2) is 14.5 Å². The van der Waals surface area contributed by atoms with Gasteiger partial charge < -0.3 is 0 Å². The largest absolute Gasteiger partial charge is 0.278 e. The van der Waals surface area contributed by atoms with Gasteiger partial charge in [-0.05, 0) is 63.0 Å². The summed E-state index contributed by atoms with van der Waals surface area (Å²) in [7, 11) is 0. The molecule has 3 nitrogen and oxygen atoms in total. The first kappa shape index (κ1) is 23.4. The lowest BCUT2D eigenvalue weighted by Gasteiger charge is -2.21. The predicted molar refractivity (Wildman–Crippen MR) is 174 cm³/mol. The predicted octanol–water partition coefficient (Wildman–Crippen LogP) is 9.85. The van der Waals surface area contributed by atoms with E-state index >= 15 is 0 Å². The summed E-state index contributed by atoms with van der Waals surface area (Å²) in [6.45, 7) is 4.70. The maximum Gasteiger partial charge on any atom is 0.235 e. The van der Waals surface area contributed by atoms with E-state index in [0.29, 0.717) is 5.95 Å². The summed E-state index contributed by atoms with van der Waals surface area (Å²) in [6.07, 6.45) is 0. The van der Waals surface area contributed by atoms with E-state index in [0.717, 1.165) is 27.7 Å². The molecule has 9 rings (SSSR count). The monoisotopic (exact) mass is 537 g/mol. The molecule has 1 aliphatic rings. The highest BCUT2D eigenvalue weighted by atomic mass is 15.2. The fourth-order valence-electron chi connectivity index (χ4n) is 7.14. The third-order valence-electron chi connectivity index (χ3n) is 9.13. The molecule has 0 radical (unpaired) electrons. The van der Waals surface area contributed by atoms with E-state index in [9.17, 15) is 0 Å². The van der Waals surface area contributed by atoms with Crippen LogP contribution in [0, 0.1) is 0 Å². The van der Waals surface area contributed by atoms with Crippen LogP contribution >= 0.6 is 0 Å². The number of hydrogen-bond donors (Lipinski definition) is 0. The number of para-hydroxylation sites is 2. The summed E-state index contributed by atoms with van der Waals surface area (Å²) in [5.74, 6) is 0.700. The first-order chi connectivity index (χ1) is 20.6. The Morgan fingerprint density at radius 3 is 2.02 bits per heavy atom. The lowest BCUT2D eigenvalue weighted by Crippen LogP contribution is -2.14. The minimum absolute atomic E-state index is 0.169. The number of aromatic nitrogens is 3. The van der Waals surface area contributed by atoms with E-state index in [-0.39, 0.29) is 5.41 Å². The average molecular weight is 538 g/mol. The van der Waals surface area contributed by atoms with Crippen LogP contribution in [-0.2, 0) is 5.41 Å². The zero-order chi connectivity index (χ0) is 28.0. The minimum Gasteiger partial charge on any atom is -0.278 e. The van der Waals surface area contributed by atoms with Crippen molar-refractivity contribution in [1.29, 1.82) is 0 Å². The molecule has 42 heavy (non-hydrogen) atoms. The quantitative estimate of drug-likeness (QED) is 0.220. The van der Waals surface area contributed by atoms with E-state index in [2.05, 4.69) is 146 Å². The van der Waals surface area contributed by atoms with Crippen molar-refractivity contribution in [2.45, 2.75) is 19.3 Å². The number of hydrogen-bond acceptors (Lipinski definition) is 2. The molecule has 0 unspecified atom stereocenters. The summed E-state index contributed by atoms with van der Waals surface area (Å²) in [6, 6.07) is 45.6. The van der Waals surface area contributed by atoms with Crippen LogP contribution in [0.4, 0.5) is 0 Å². The minimum atomic E-state index is -0.169. The van der Waals surface area contributed by atoms with E-state index in [4.69, 9.17) is 9.97 Å². The van der Waals surface area contributed by atoms with Gasteiger partial charge in [0.1, 0.15) is 0 Å². The van der Waals surface area contributed by atoms with Gasteiger partial charge in [-0.3, -0.25) is 4.57 Å². The lowest BCUT2D eigenvalue weighted by atomic mass is 9.81. The molecular formula is C39H27N3. The fraction of sp³-hybridized carbons (Fsp3) is 0.0769. The number of benzene rings is 6. The molecule has 0 bridgehead atoms. The summed E-state index contributed by atoms with van der Waals surface area (Å²) < 4.78 is 2.31. The van der Waals surface area contributed by atoms with Crippen LogP contribution < -0.4 is 0 Å². The zero-order valence-corrected chi connectivity index (χ0v) is 23.5. The molecule has 0 amide bonds. The van der Waals surface area contributed by atoms with Gasteiger partial charge >= 0.3 is 0 Å². The van der Waals surface area contributed by atoms with Gasteiger partial charge in [0.25, 0.3) is 0 Å². The van der Waals surface area contributed by atoms with E-state index in [1.807, 2.05) is 0 Å². The summed E-state index contributed by atoms with van der Waals surface area (Å²) >= 11 is 0. The first-order valence-electron chi connectivity index (χ1n) is 14.5. The molecule has 0 atom stereocenters. The molecule has 2 aromatic heterocycles. The van der Waals surface area contributed by atoms with Gasteiger partial charge in [0, 0.05) is 27.3 Å². The van der Waals surface area contributed by atoms with Gasteiger partial charge in [0.2, 0.25) is 5.95 Å². The lowest BCUT2D eigenvalue weighted by molar-refractivity contribution is 0.667. The molecular weight excluding hydrogens is 510 g/mol. The Morgan fingerprint density at radius 1 is 0.571 bits per heavy atom. The molecule has 0 saturated heterocycles. The molecule has 0 fully saturated rings. The van der Waals surface area contributed by atoms with Crippen LogP contribution in [0.25, 0.3) is 71.8 Å². The van der Waals surface area contributed by atoms with Gasteiger partial charge in [-0.1, -0.05) is 111 Å². The second kappa shape index (κ2) is 8.37. The number of rotatable bonds is 2. The highest BCUT2D eigenvalue weighted by Gasteiger charge is 2.41. The second-order valence-corrected chi connectivity index (χ2v) is 11.9. The summed E-state index contributed by atoms with van der Waals surface area (Å²) in [5, 5.41) is 7.24. The first-order valence-corrected chi connectivity index (χ1v) is 14.5. The van der Waals surface area contributed by atoms with Crippen molar-refractivity contribution < 1.29 is 0 Å². The van der Waals surface area contributed by atoms with E-state index in [1.165, 1.54) is 49.3 Å². The van der Waals surface area contributed by atoms with Crippen molar-refractivity contribution in [3.05, 3.63) is 139 Å². The molecule has 198 valence electrons. The van der Waals surface area contributed by atoms with Gasteiger partial charge in [-0.15, -0.1) is 0 Å². The molecule has 0 spiro atoms. The van der Waals surface area contributed by atoms with Gasteiger partial charge in [0.05, 0.1) is 22.4 Å². The van der Waals surface area contributed by atoms with Crippen molar-refractivity contribution in [3.8, 4) is 28.5 Å². The van der Waals surface area contributed by atoms with Crippen molar-refractivity contribution >= 4 is 43.4 Å². The number of nitrogens with zero attached hydrogens (tertiary/aromatic N) is 3. The van der Waals surface area contributed by atoms with E-state index < -0.39 is 0 Å². The highest BCUT2D eigenvalue weighted by Crippen LogP contribution is 2.54. The smallest absolute Gasteiger partial charge is 0.235 e. The Bertz CT molecular complexity index is 2390. The Kier molecular flexibility index (Phi) is 4.67.